The second-order valence-electron chi connectivity index (χ2n) is 9.34. The van der Waals surface area contributed by atoms with E-state index in [4.69, 9.17) is 20.6 Å². The molecule has 41 heavy (non-hydrogen) atoms. The first-order valence-electron chi connectivity index (χ1n) is 13.0. The molecule has 0 unspecified atom stereocenters. The Hall–Kier alpha value is -5.31. The zero-order valence-electron chi connectivity index (χ0n) is 22.5. The molecule has 6 N–H and O–H groups in total. The van der Waals surface area contributed by atoms with Crippen molar-refractivity contribution in [3.05, 3.63) is 125 Å². The molecule has 0 saturated carbocycles. The minimum absolute atomic E-state index is 0.0770. The molecular formula is C32H32N4O5. The number of aliphatic carboxylic acids is 1. The molecule has 4 aromatic rings. The van der Waals surface area contributed by atoms with Crippen molar-refractivity contribution in [2.24, 2.45) is 5.73 Å². The zero-order chi connectivity index (χ0) is 29.2. The van der Waals surface area contributed by atoms with Crippen LogP contribution in [0.2, 0.25) is 0 Å². The molecule has 0 aliphatic heterocycles. The summed E-state index contributed by atoms with van der Waals surface area (Å²) >= 11 is 0. The third-order valence-corrected chi connectivity index (χ3v) is 6.42. The number of rotatable bonds is 13. The van der Waals surface area contributed by atoms with Crippen molar-refractivity contribution in [1.29, 1.82) is 5.41 Å². The molecular weight excluding hydrogens is 520 g/mol. The maximum Gasteiger partial charge on any atom is 0.326 e. The number of nitrogen functional groups attached to an aromatic ring is 1. The Balaban J connectivity index is 1.61. The number of carboxylic acid groups (broad SMARTS) is 1. The van der Waals surface area contributed by atoms with E-state index in [0.29, 0.717) is 34.9 Å². The van der Waals surface area contributed by atoms with Crippen molar-refractivity contribution < 1.29 is 24.2 Å². The number of nitrogens with two attached hydrogens (primary N) is 1. The SMILES string of the molecule is COc1cc([C@H](Nc2ccc(C(=N)N)cc2)C(=O)N[C@@H](Cc2ccccc2)C(=O)O)ccc1OCc1ccccc1. The summed E-state index contributed by atoms with van der Waals surface area (Å²) < 4.78 is 11.5. The van der Waals surface area contributed by atoms with E-state index in [1.807, 2.05) is 60.7 Å². The molecule has 9 heteroatoms. The largest absolute Gasteiger partial charge is 0.493 e. The fraction of sp³-hybridized carbons (Fsp3) is 0.156. The fourth-order valence-electron chi connectivity index (χ4n) is 4.24. The molecule has 0 bridgehead atoms. The van der Waals surface area contributed by atoms with Gasteiger partial charge in [0.1, 0.15) is 24.5 Å². The van der Waals surface area contributed by atoms with E-state index >= 15 is 0 Å². The van der Waals surface area contributed by atoms with Crippen molar-refractivity contribution >= 4 is 23.4 Å². The monoisotopic (exact) mass is 552 g/mol. The highest BCUT2D eigenvalue weighted by molar-refractivity contribution is 5.95. The van der Waals surface area contributed by atoms with Crippen LogP contribution in [0.3, 0.4) is 0 Å². The molecule has 2 atom stereocenters. The van der Waals surface area contributed by atoms with Gasteiger partial charge in [-0.2, -0.15) is 0 Å². The minimum atomic E-state index is -1.15. The van der Waals surface area contributed by atoms with Gasteiger partial charge in [0.2, 0.25) is 5.91 Å². The second kappa shape index (κ2) is 13.7. The van der Waals surface area contributed by atoms with Crippen LogP contribution in [0, 0.1) is 5.41 Å². The quantitative estimate of drug-likeness (QED) is 0.121. The Kier molecular flexibility index (Phi) is 9.56. The number of hydrogen-bond acceptors (Lipinski definition) is 6. The Morgan fingerprint density at radius 1 is 0.878 bits per heavy atom. The van der Waals surface area contributed by atoms with E-state index in [2.05, 4.69) is 10.6 Å². The van der Waals surface area contributed by atoms with Crippen molar-refractivity contribution in [3.8, 4) is 11.5 Å². The molecule has 210 valence electrons. The third-order valence-electron chi connectivity index (χ3n) is 6.42. The molecule has 0 heterocycles. The van der Waals surface area contributed by atoms with Crippen LogP contribution in [0.25, 0.3) is 0 Å². The average molecular weight is 553 g/mol. The van der Waals surface area contributed by atoms with Crippen LogP contribution in [0.15, 0.2) is 103 Å². The number of carbonyl (C=O) groups excluding carboxylic acids is 1. The van der Waals surface area contributed by atoms with Gasteiger partial charge in [-0.15, -0.1) is 0 Å². The molecule has 0 fully saturated rings. The Bertz CT molecular complexity index is 1480. The van der Waals surface area contributed by atoms with Gasteiger partial charge < -0.3 is 30.9 Å². The first kappa shape index (κ1) is 28.7. The fourth-order valence-corrected chi connectivity index (χ4v) is 4.24. The van der Waals surface area contributed by atoms with E-state index in [0.717, 1.165) is 11.1 Å². The van der Waals surface area contributed by atoms with Gasteiger partial charge in [0.15, 0.2) is 11.5 Å². The van der Waals surface area contributed by atoms with Crippen LogP contribution in [-0.2, 0) is 22.6 Å². The molecule has 0 radical (unpaired) electrons. The number of hydrogen-bond donors (Lipinski definition) is 5. The lowest BCUT2D eigenvalue weighted by molar-refractivity contribution is -0.141. The number of benzene rings is 4. The number of anilines is 1. The Labute approximate surface area is 238 Å². The van der Waals surface area contributed by atoms with Crippen molar-refractivity contribution in [2.45, 2.75) is 25.1 Å². The van der Waals surface area contributed by atoms with E-state index in [1.54, 1.807) is 42.5 Å². The van der Waals surface area contributed by atoms with Crippen LogP contribution in [0.5, 0.6) is 11.5 Å². The number of nitrogens with one attached hydrogen (secondary N) is 3. The number of amidine groups is 1. The second-order valence-corrected chi connectivity index (χ2v) is 9.34. The first-order chi connectivity index (χ1) is 19.8. The van der Waals surface area contributed by atoms with Gasteiger partial charge in [0.25, 0.3) is 0 Å². The highest BCUT2D eigenvalue weighted by Crippen LogP contribution is 2.32. The van der Waals surface area contributed by atoms with Crippen molar-refractivity contribution in [1.82, 2.24) is 5.32 Å². The molecule has 0 saturated heterocycles. The molecule has 0 aliphatic carbocycles. The first-order valence-corrected chi connectivity index (χ1v) is 13.0. The Morgan fingerprint density at radius 3 is 2.10 bits per heavy atom. The molecule has 9 nitrogen and oxygen atoms in total. The summed E-state index contributed by atoms with van der Waals surface area (Å²) in [7, 11) is 1.51. The normalized spacial score (nSPS) is 12.0. The van der Waals surface area contributed by atoms with E-state index in [1.165, 1.54) is 7.11 Å². The summed E-state index contributed by atoms with van der Waals surface area (Å²) in [5, 5.41) is 23.4. The summed E-state index contributed by atoms with van der Waals surface area (Å²) in [6.45, 7) is 0.334. The van der Waals surface area contributed by atoms with Gasteiger partial charge in [-0.05, 0) is 53.1 Å². The molecule has 0 aromatic heterocycles. The highest BCUT2D eigenvalue weighted by Gasteiger charge is 2.28. The van der Waals surface area contributed by atoms with Gasteiger partial charge in [-0.25, -0.2) is 4.79 Å². The lowest BCUT2D eigenvalue weighted by atomic mass is 10.0. The smallest absolute Gasteiger partial charge is 0.326 e. The number of ether oxygens (including phenoxy) is 2. The van der Waals surface area contributed by atoms with E-state index in [-0.39, 0.29) is 12.3 Å². The summed E-state index contributed by atoms with van der Waals surface area (Å²) in [4.78, 5) is 25.7. The number of carboxylic acids is 1. The highest BCUT2D eigenvalue weighted by atomic mass is 16.5. The van der Waals surface area contributed by atoms with Gasteiger partial charge in [0, 0.05) is 17.7 Å². The molecule has 0 aliphatic rings. The summed E-state index contributed by atoms with van der Waals surface area (Å²) in [5.74, 6) is -0.841. The minimum Gasteiger partial charge on any atom is -0.493 e. The van der Waals surface area contributed by atoms with Gasteiger partial charge >= 0.3 is 5.97 Å². The van der Waals surface area contributed by atoms with Gasteiger partial charge in [-0.3, -0.25) is 10.2 Å². The number of carbonyl (C=O) groups is 2. The predicted molar refractivity (Wildman–Crippen MR) is 157 cm³/mol. The van der Waals surface area contributed by atoms with Crippen LogP contribution in [0.1, 0.15) is 28.3 Å². The number of amides is 1. The molecule has 1 amide bonds. The Morgan fingerprint density at radius 2 is 1.51 bits per heavy atom. The third kappa shape index (κ3) is 7.86. The standard InChI is InChI=1S/C32H32N4O5/c1-40-28-19-24(14-17-27(28)41-20-22-10-6-3-7-11-22)29(35-25-15-12-23(13-16-25)30(33)34)31(37)36-26(32(38)39)18-21-8-4-2-5-9-21/h2-17,19,26,29,35H,18,20H2,1H3,(H3,33,34)(H,36,37)(H,38,39)/t26-,29-/m0/s1. The number of methoxy groups -OCH3 is 1. The van der Waals surface area contributed by atoms with Crippen molar-refractivity contribution in [3.63, 3.8) is 0 Å². The van der Waals surface area contributed by atoms with Gasteiger partial charge in [-0.1, -0.05) is 66.7 Å². The van der Waals surface area contributed by atoms with Crippen LogP contribution in [0.4, 0.5) is 5.69 Å². The average Bonchev–Trinajstić information content (AvgIpc) is 2.99. The van der Waals surface area contributed by atoms with E-state index < -0.39 is 24.0 Å². The lowest BCUT2D eigenvalue weighted by Gasteiger charge is -2.24. The summed E-state index contributed by atoms with van der Waals surface area (Å²) in [6.07, 6.45) is 0.123. The molecule has 4 rings (SSSR count). The summed E-state index contributed by atoms with van der Waals surface area (Å²) in [6, 6.07) is 28.5. The van der Waals surface area contributed by atoms with Crippen LogP contribution >= 0.6 is 0 Å². The molecule has 0 spiro atoms. The summed E-state index contributed by atoms with van der Waals surface area (Å²) in [5.41, 5.74) is 8.99. The van der Waals surface area contributed by atoms with Crippen LogP contribution in [-0.4, -0.2) is 36.0 Å². The zero-order valence-corrected chi connectivity index (χ0v) is 22.5. The maximum absolute atomic E-state index is 13.7. The van der Waals surface area contributed by atoms with Gasteiger partial charge in [0.05, 0.1) is 7.11 Å². The van der Waals surface area contributed by atoms with Crippen LogP contribution < -0.4 is 25.8 Å². The van der Waals surface area contributed by atoms with Crippen molar-refractivity contribution in [2.75, 3.05) is 12.4 Å². The maximum atomic E-state index is 13.7. The van der Waals surface area contributed by atoms with E-state index in [9.17, 15) is 14.7 Å². The lowest BCUT2D eigenvalue weighted by Crippen LogP contribution is -2.45. The predicted octanol–water partition coefficient (Wildman–Crippen LogP) is 4.52. The topological polar surface area (TPSA) is 147 Å². The molecule has 4 aromatic carbocycles.